The van der Waals surface area contributed by atoms with E-state index in [0.717, 1.165) is 25.0 Å². The van der Waals surface area contributed by atoms with Gasteiger partial charge in [-0.25, -0.2) is 0 Å². The molecular weight excluding hydrogens is 328 g/mol. The van der Waals surface area contributed by atoms with Crippen LogP contribution in [0.2, 0.25) is 18.1 Å². The van der Waals surface area contributed by atoms with Crippen LogP contribution in [0.25, 0.3) is 0 Å². The maximum atomic E-state index is 13.0. The van der Waals surface area contributed by atoms with Gasteiger partial charge in [0, 0.05) is 12.0 Å². The van der Waals surface area contributed by atoms with Gasteiger partial charge in [-0.1, -0.05) is 46.2 Å². The van der Waals surface area contributed by atoms with E-state index >= 15 is 0 Å². The molecule has 142 valence electrons. The molecule has 0 amide bonds. The molecule has 0 spiro atoms. The fraction of sp³-hybridized carbons (Fsp3) is 0.667. The Morgan fingerprint density at radius 1 is 1.12 bits per heavy atom. The van der Waals surface area contributed by atoms with Crippen molar-refractivity contribution in [3.63, 3.8) is 0 Å². The molecule has 0 unspecified atom stereocenters. The molecule has 0 N–H and O–H groups in total. The van der Waals surface area contributed by atoms with Crippen molar-refractivity contribution in [2.75, 3.05) is 13.7 Å². The summed E-state index contributed by atoms with van der Waals surface area (Å²) in [5.74, 6) is 0.793. The van der Waals surface area contributed by atoms with E-state index in [1.165, 1.54) is 0 Å². The van der Waals surface area contributed by atoms with Gasteiger partial charge < -0.3 is 9.16 Å². The van der Waals surface area contributed by atoms with Crippen molar-refractivity contribution in [1.82, 2.24) is 0 Å². The van der Waals surface area contributed by atoms with Crippen molar-refractivity contribution < 1.29 is 14.0 Å². The molecule has 1 aromatic carbocycles. The van der Waals surface area contributed by atoms with Crippen LogP contribution in [0.4, 0.5) is 0 Å². The Morgan fingerprint density at radius 3 is 2.24 bits per heavy atom. The quantitative estimate of drug-likeness (QED) is 0.322. The van der Waals surface area contributed by atoms with E-state index in [1.807, 2.05) is 39.0 Å². The summed E-state index contributed by atoms with van der Waals surface area (Å²) in [6, 6.07) is 5.77. The smallest absolute Gasteiger partial charge is 0.191 e. The summed E-state index contributed by atoms with van der Waals surface area (Å²) in [5, 5.41) is 0.216. The first-order valence-corrected chi connectivity index (χ1v) is 12.1. The number of rotatable bonds is 8. The van der Waals surface area contributed by atoms with Crippen molar-refractivity contribution in [2.24, 2.45) is 5.41 Å². The first-order valence-electron chi connectivity index (χ1n) is 9.15. The Hall–Kier alpha value is -1.13. The molecule has 1 aromatic rings. The first kappa shape index (κ1) is 21.9. The summed E-state index contributed by atoms with van der Waals surface area (Å²) in [7, 11) is -0.107. The van der Waals surface area contributed by atoms with Crippen LogP contribution in [0.3, 0.4) is 0 Å². The molecule has 0 aliphatic rings. The standard InChI is InChI=1S/C21H36O3Si/c1-16-11-12-18(23-7)17(15-16)19(22)21(5,6)13-10-14-24-25(8,9)20(2,3)4/h11-12,15H,10,13-14H2,1-9H3. The van der Waals surface area contributed by atoms with Gasteiger partial charge in [0.25, 0.3) is 0 Å². The number of Topliss-reactive ketones (excluding diaryl/α,β-unsaturated/α-hetero) is 1. The third-order valence-electron chi connectivity index (χ3n) is 5.43. The molecule has 0 bridgehead atoms. The van der Waals surface area contributed by atoms with Gasteiger partial charge in [-0.3, -0.25) is 4.79 Å². The van der Waals surface area contributed by atoms with Crippen LogP contribution in [0.15, 0.2) is 18.2 Å². The largest absolute Gasteiger partial charge is 0.496 e. The summed E-state index contributed by atoms with van der Waals surface area (Å²) < 4.78 is 11.6. The summed E-state index contributed by atoms with van der Waals surface area (Å²) >= 11 is 0. The van der Waals surface area contributed by atoms with Gasteiger partial charge in [-0.05, 0) is 50.0 Å². The predicted molar refractivity (Wildman–Crippen MR) is 108 cm³/mol. The molecule has 0 atom stereocenters. The van der Waals surface area contributed by atoms with E-state index < -0.39 is 13.7 Å². The summed E-state index contributed by atoms with van der Waals surface area (Å²) in [6.07, 6.45) is 1.69. The molecule has 0 radical (unpaired) electrons. The topological polar surface area (TPSA) is 35.5 Å². The van der Waals surface area contributed by atoms with Gasteiger partial charge >= 0.3 is 0 Å². The maximum absolute atomic E-state index is 13.0. The molecule has 0 aliphatic carbocycles. The fourth-order valence-corrected chi connectivity index (χ4v) is 3.62. The normalized spacial score (nSPS) is 13.0. The first-order chi connectivity index (χ1) is 11.3. The van der Waals surface area contributed by atoms with Crippen LogP contribution >= 0.6 is 0 Å². The van der Waals surface area contributed by atoms with Crippen LogP contribution in [0.1, 0.15) is 63.4 Å². The van der Waals surface area contributed by atoms with Gasteiger partial charge in [0.2, 0.25) is 0 Å². The van der Waals surface area contributed by atoms with Gasteiger partial charge in [0.15, 0.2) is 14.1 Å². The molecule has 3 nitrogen and oxygen atoms in total. The molecule has 4 heteroatoms. The zero-order valence-electron chi connectivity index (χ0n) is 17.6. The van der Waals surface area contributed by atoms with Crippen LogP contribution in [0, 0.1) is 12.3 Å². The summed E-state index contributed by atoms with van der Waals surface area (Å²) in [5.41, 5.74) is 1.32. The second-order valence-electron chi connectivity index (χ2n) is 9.13. The fourth-order valence-electron chi connectivity index (χ4n) is 2.54. The SMILES string of the molecule is COc1ccc(C)cc1C(=O)C(C)(C)CCCO[Si](C)(C)C(C)(C)C. The van der Waals surface area contributed by atoms with Crippen LogP contribution in [-0.4, -0.2) is 27.8 Å². The van der Waals surface area contributed by atoms with Gasteiger partial charge in [-0.15, -0.1) is 0 Å². The minimum absolute atomic E-state index is 0.139. The number of ketones is 1. The molecule has 0 fully saturated rings. The van der Waals surface area contributed by atoms with Crippen LogP contribution < -0.4 is 4.74 Å². The van der Waals surface area contributed by atoms with Gasteiger partial charge in [-0.2, -0.15) is 0 Å². The van der Waals surface area contributed by atoms with E-state index in [1.54, 1.807) is 7.11 Å². The van der Waals surface area contributed by atoms with Crippen molar-refractivity contribution in [3.05, 3.63) is 29.3 Å². The molecule has 0 aromatic heterocycles. The zero-order valence-corrected chi connectivity index (χ0v) is 18.6. The average molecular weight is 365 g/mol. The van der Waals surface area contributed by atoms with Crippen LogP contribution in [-0.2, 0) is 4.43 Å². The maximum Gasteiger partial charge on any atom is 0.191 e. The zero-order chi connectivity index (χ0) is 19.5. The number of ether oxygens (including phenoxy) is 1. The highest BCUT2D eigenvalue weighted by atomic mass is 28.4. The predicted octanol–water partition coefficient (Wildman–Crippen LogP) is 6.01. The molecule has 25 heavy (non-hydrogen) atoms. The number of hydrogen-bond donors (Lipinski definition) is 0. The number of carbonyl (C=O) groups is 1. The van der Waals surface area contributed by atoms with Gasteiger partial charge in [0.1, 0.15) is 5.75 Å². The lowest BCUT2D eigenvalue weighted by atomic mass is 9.80. The van der Waals surface area contributed by atoms with Gasteiger partial charge in [0.05, 0.1) is 12.7 Å². The lowest BCUT2D eigenvalue weighted by molar-refractivity contribution is 0.0813. The van der Waals surface area contributed by atoms with E-state index in [0.29, 0.717) is 11.3 Å². The third-order valence-corrected chi connectivity index (χ3v) is 9.97. The lowest BCUT2D eigenvalue weighted by Crippen LogP contribution is -2.41. The molecule has 0 aliphatic heterocycles. The highest BCUT2D eigenvalue weighted by Gasteiger charge is 2.37. The highest BCUT2D eigenvalue weighted by Crippen LogP contribution is 2.37. The number of aryl methyl sites for hydroxylation is 1. The molecule has 0 saturated carbocycles. The average Bonchev–Trinajstić information content (AvgIpc) is 2.49. The number of methoxy groups -OCH3 is 1. The Morgan fingerprint density at radius 2 is 1.72 bits per heavy atom. The Bertz CT molecular complexity index is 598. The number of hydrogen-bond acceptors (Lipinski definition) is 3. The summed E-state index contributed by atoms with van der Waals surface area (Å²) in [4.78, 5) is 13.0. The number of carbonyl (C=O) groups excluding carboxylic acids is 1. The monoisotopic (exact) mass is 364 g/mol. The number of benzene rings is 1. The van der Waals surface area contributed by atoms with E-state index in [-0.39, 0.29) is 10.8 Å². The highest BCUT2D eigenvalue weighted by molar-refractivity contribution is 6.74. The molecular formula is C21H36O3Si. The van der Waals surface area contributed by atoms with Crippen molar-refractivity contribution in [1.29, 1.82) is 0 Å². The Labute approximate surface area is 155 Å². The Kier molecular flexibility index (Phi) is 7.05. The van der Waals surface area contributed by atoms with E-state index in [2.05, 4.69) is 33.9 Å². The van der Waals surface area contributed by atoms with E-state index in [4.69, 9.17) is 9.16 Å². The Balaban J connectivity index is 2.73. The molecule has 1 rings (SSSR count). The second-order valence-corrected chi connectivity index (χ2v) is 13.9. The molecule has 0 saturated heterocycles. The minimum Gasteiger partial charge on any atom is -0.496 e. The van der Waals surface area contributed by atoms with Crippen LogP contribution in [0.5, 0.6) is 5.75 Å². The van der Waals surface area contributed by atoms with Crippen molar-refractivity contribution in [2.45, 2.75) is 72.5 Å². The van der Waals surface area contributed by atoms with E-state index in [9.17, 15) is 4.79 Å². The van der Waals surface area contributed by atoms with Crippen molar-refractivity contribution >= 4 is 14.1 Å². The van der Waals surface area contributed by atoms with Crippen molar-refractivity contribution in [3.8, 4) is 5.75 Å². The molecule has 0 heterocycles. The minimum atomic E-state index is -1.72. The summed E-state index contributed by atoms with van der Waals surface area (Å²) in [6.45, 7) is 18.0. The second kappa shape index (κ2) is 8.04. The third kappa shape index (κ3) is 5.68. The lowest BCUT2D eigenvalue weighted by Gasteiger charge is -2.36.